The molecule has 104 valence electrons. The van der Waals surface area contributed by atoms with Gasteiger partial charge in [-0.1, -0.05) is 12.8 Å². The molecule has 0 spiro atoms. The summed E-state index contributed by atoms with van der Waals surface area (Å²) in [4.78, 5) is 14.8. The Morgan fingerprint density at radius 2 is 2.21 bits per heavy atom. The van der Waals surface area contributed by atoms with Crippen LogP contribution in [0.5, 0.6) is 0 Å². The molecule has 1 aromatic rings. The topological polar surface area (TPSA) is 32.3 Å². The van der Waals surface area contributed by atoms with Gasteiger partial charge in [-0.3, -0.25) is 4.79 Å². The highest BCUT2D eigenvalue weighted by molar-refractivity contribution is 7.07. The molecule has 0 radical (unpaired) electrons. The van der Waals surface area contributed by atoms with Crippen molar-refractivity contribution in [3.63, 3.8) is 0 Å². The van der Waals surface area contributed by atoms with Gasteiger partial charge in [-0.15, -0.1) is 0 Å². The van der Waals surface area contributed by atoms with E-state index in [1.807, 2.05) is 0 Å². The van der Waals surface area contributed by atoms with Gasteiger partial charge in [0.25, 0.3) is 0 Å². The lowest BCUT2D eigenvalue weighted by Crippen LogP contribution is -2.45. The largest absolute Gasteiger partial charge is 0.334 e. The first kappa shape index (κ1) is 13.1. The van der Waals surface area contributed by atoms with Gasteiger partial charge < -0.3 is 10.2 Å². The molecule has 0 bridgehead atoms. The van der Waals surface area contributed by atoms with Crippen molar-refractivity contribution < 1.29 is 4.79 Å². The van der Waals surface area contributed by atoms with E-state index in [0.717, 1.165) is 32.4 Å². The van der Waals surface area contributed by atoms with E-state index in [0.29, 0.717) is 11.9 Å². The number of nitrogens with zero attached hydrogens (tertiary/aromatic N) is 1. The van der Waals surface area contributed by atoms with Crippen molar-refractivity contribution in [3.05, 3.63) is 22.4 Å². The highest BCUT2D eigenvalue weighted by Crippen LogP contribution is 2.33. The standard InChI is InChI=1S/C15H22N2OS/c18-15(13-5-2-1-3-8-16-13)17-9-4-6-14(17)12-7-10-19-11-12/h7,10-11,13-14,16H,1-6,8-9H2. The molecule has 2 aliphatic heterocycles. The van der Waals surface area contributed by atoms with Gasteiger partial charge in [0.2, 0.25) is 5.91 Å². The molecule has 2 atom stereocenters. The summed E-state index contributed by atoms with van der Waals surface area (Å²) in [5.41, 5.74) is 1.32. The number of amides is 1. The van der Waals surface area contributed by atoms with Crippen molar-refractivity contribution in [2.24, 2.45) is 0 Å². The highest BCUT2D eigenvalue weighted by Gasteiger charge is 2.34. The molecule has 3 rings (SSSR count). The Balaban J connectivity index is 1.71. The van der Waals surface area contributed by atoms with Crippen LogP contribution in [0.2, 0.25) is 0 Å². The van der Waals surface area contributed by atoms with Gasteiger partial charge in [0.15, 0.2) is 0 Å². The lowest BCUT2D eigenvalue weighted by Gasteiger charge is -2.28. The molecular weight excluding hydrogens is 256 g/mol. The normalized spacial score (nSPS) is 28.3. The fourth-order valence-corrected chi connectivity index (χ4v) is 3.99. The molecule has 4 heteroatoms. The number of thiophene rings is 1. The third-order valence-electron chi connectivity index (χ3n) is 4.32. The van der Waals surface area contributed by atoms with Crippen LogP contribution >= 0.6 is 11.3 Å². The van der Waals surface area contributed by atoms with E-state index in [-0.39, 0.29) is 6.04 Å². The molecule has 2 unspecified atom stereocenters. The van der Waals surface area contributed by atoms with Crippen LogP contribution in [-0.4, -0.2) is 29.9 Å². The first-order valence-corrected chi connectivity index (χ1v) is 8.36. The van der Waals surface area contributed by atoms with Gasteiger partial charge >= 0.3 is 0 Å². The van der Waals surface area contributed by atoms with Gasteiger partial charge in [0.1, 0.15) is 0 Å². The average Bonchev–Trinajstić information content (AvgIpc) is 3.03. The first-order valence-electron chi connectivity index (χ1n) is 7.42. The fraction of sp³-hybridized carbons (Fsp3) is 0.667. The third-order valence-corrected chi connectivity index (χ3v) is 5.02. The van der Waals surface area contributed by atoms with Crippen molar-refractivity contribution in [2.45, 2.75) is 50.6 Å². The van der Waals surface area contributed by atoms with Crippen LogP contribution in [0.25, 0.3) is 0 Å². The molecule has 1 amide bonds. The van der Waals surface area contributed by atoms with E-state index >= 15 is 0 Å². The Morgan fingerprint density at radius 3 is 3.05 bits per heavy atom. The molecule has 3 heterocycles. The Labute approximate surface area is 119 Å². The van der Waals surface area contributed by atoms with Crippen LogP contribution in [0.1, 0.15) is 50.1 Å². The molecule has 1 aromatic heterocycles. The van der Waals surface area contributed by atoms with E-state index in [4.69, 9.17) is 0 Å². The van der Waals surface area contributed by atoms with E-state index in [9.17, 15) is 4.79 Å². The molecule has 19 heavy (non-hydrogen) atoms. The minimum atomic E-state index is 0.0572. The summed E-state index contributed by atoms with van der Waals surface area (Å²) in [6, 6.07) is 2.55. The van der Waals surface area contributed by atoms with Gasteiger partial charge in [0, 0.05) is 6.54 Å². The molecule has 2 fully saturated rings. The van der Waals surface area contributed by atoms with E-state index in [1.165, 1.54) is 24.8 Å². The summed E-state index contributed by atoms with van der Waals surface area (Å²) < 4.78 is 0. The minimum absolute atomic E-state index is 0.0572. The maximum atomic E-state index is 12.7. The zero-order valence-electron chi connectivity index (χ0n) is 11.3. The van der Waals surface area contributed by atoms with Gasteiger partial charge in [-0.05, 0) is 54.6 Å². The maximum absolute atomic E-state index is 12.7. The minimum Gasteiger partial charge on any atom is -0.334 e. The zero-order chi connectivity index (χ0) is 13.1. The quantitative estimate of drug-likeness (QED) is 0.902. The third kappa shape index (κ3) is 2.84. The van der Waals surface area contributed by atoms with E-state index in [1.54, 1.807) is 11.3 Å². The van der Waals surface area contributed by atoms with Crippen molar-refractivity contribution in [2.75, 3.05) is 13.1 Å². The molecular formula is C15H22N2OS. The van der Waals surface area contributed by atoms with Crippen LogP contribution in [-0.2, 0) is 4.79 Å². The first-order chi connectivity index (χ1) is 9.36. The lowest BCUT2D eigenvalue weighted by atomic mass is 10.1. The number of nitrogens with one attached hydrogen (secondary N) is 1. The second-order valence-corrected chi connectivity index (χ2v) is 6.38. The van der Waals surface area contributed by atoms with Gasteiger partial charge in [-0.25, -0.2) is 0 Å². The van der Waals surface area contributed by atoms with Crippen molar-refractivity contribution in [3.8, 4) is 0 Å². The van der Waals surface area contributed by atoms with E-state index in [2.05, 4.69) is 27.0 Å². The Kier molecular flexibility index (Phi) is 4.18. The number of carbonyl (C=O) groups excluding carboxylic acids is 1. The smallest absolute Gasteiger partial charge is 0.240 e. The summed E-state index contributed by atoms with van der Waals surface area (Å²) in [7, 11) is 0. The second-order valence-electron chi connectivity index (χ2n) is 5.60. The molecule has 0 saturated carbocycles. The summed E-state index contributed by atoms with van der Waals surface area (Å²) in [5, 5.41) is 7.74. The van der Waals surface area contributed by atoms with Crippen molar-refractivity contribution in [1.82, 2.24) is 10.2 Å². The number of hydrogen-bond acceptors (Lipinski definition) is 3. The summed E-state index contributed by atoms with van der Waals surface area (Å²) in [6.07, 6.45) is 6.91. The van der Waals surface area contributed by atoms with Crippen LogP contribution in [0, 0.1) is 0 Å². The summed E-state index contributed by atoms with van der Waals surface area (Å²) >= 11 is 1.73. The van der Waals surface area contributed by atoms with Crippen LogP contribution in [0.4, 0.5) is 0 Å². The molecule has 2 aliphatic rings. The van der Waals surface area contributed by atoms with Crippen molar-refractivity contribution in [1.29, 1.82) is 0 Å². The maximum Gasteiger partial charge on any atom is 0.240 e. The predicted molar refractivity (Wildman–Crippen MR) is 78.3 cm³/mol. The van der Waals surface area contributed by atoms with Crippen LogP contribution < -0.4 is 5.32 Å². The number of hydrogen-bond donors (Lipinski definition) is 1. The lowest BCUT2D eigenvalue weighted by molar-refractivity contribution is -0.134. The predicted octanol–water partition coefficient (Wildman–Crippen LogP) is 2.94. The Hall–Kier alpha value is -0.870. The Bertz CT molecular complexity index is 410. The van der Waals surface area contributed by atoms with Crippen LogP contribution in [0.15, 0.2) is 16.8 Å². The molecule has 1 N–H and O–H groups in total. The number of carbonyl (C=O) groups is 1. The monoisotopic (exact) mass is 278 g/mol. The zero-order valence-corrected chi connectivity index (χ0v) is 12.1. The number of rotatable bonds is 2. The van der Waals surface area contributed by atoms with Crippen molar-refractivity contribution >= 4 is 17.2 Å². The molecule has 0 aromatic carbocycles. The molecule has 0 aliphatic carbocycles. The molecule has 3 nitrogen and oxygen atoms in total. The average molecular weight is 278 g/mol. The number of likely N-dealkylation sites (tertiary alicyclic amines) is 1. The SMILES string of the molecule is O=C(C1CCCCCN1)N1CCCC1c1ccsc1. The fourth-order valence-electron chi connectivity index (χ4n) is 3.28. The van der Waals surface area contributed by atoms with Gasteiger partial charge in [0.05, 0.1) is 12.1 Å². The van der Waals surface area contributed by atoms with Gasteiger partial charge in [-0.2, -0.15) is 11.3 Å². The highest BCUT2D eigenvalue weighted by atomic mass is 32.1. The Morgan fingerprint density at radius 1 is 1.26 bits per heavy atom. The van der Waals surface area contributed by atoms with E-state index < -0.39 is 0 Å². The second kappa shape index (κ2) is 6.06. The molecule has 2 saturated heterocycles. The van der Waals surface area contributed by atoms with Crippen LogP contribution in [0.3, 0.4) is 0 Å². The summed E-state index contributed by atoms with van der Waals surface area (Å²) in [5.74, 6) is 0.329. The summed E-state index contributed by atoms with van der Waals surface area (Å²) in [6.45, 7) is 1.92.